The summed E-state index contributed by atoms with van der Waals surface area (Å²) in [7, 11) is 0. The number of rotatable bonds is 7. The van der Waals surface area contributed by atoms with E-state index in [1.165, 1.54) is 16.7 Å². The lowest BCUT2D eigenvalue weighted by Crippen LogP contribution is -2.28. The van der Waals surface area contributed by atoms with Crippen molar-refractivity contribution in [2.75, 3.05) is 6.61 Å². The van der Waals surface area contributed by atoms with Crippen molar-refractivity contribution in [2.45, 2.75) is 25.6 Å². The highest BCUT2D eigenvalue weighted by Gasteiger charge is 2.25. The first-order valence-electron chi connectivity index (χ1n) is 11.0. The first kappa shape index (κ1) is 21.0. The summed E-state index contributed by atoms with van der Waals surface area (Å²) in [4.78, 5) is 15.9. The van der Waals surface area contributed by atoms with Crippen LogP contribution in [0.4, 0.5) is 0 Å². The van der Waals surface area contributed by atoms with Gasteiger partial charge in [0.2, 0.25) is 0 Å². The van der Waals surface area contributed by atoms with E-state index in [4.69, 9.17) is 4.74 Å². The van der Waals surface area contributed by atoms with Crippen LogP contribution >= 0.6 is 0 Å². The van der Waals surface area contributed by atoms with Crippen molar-refractivity contribution in [3.8, 4) is 16.9 Å². The van der Waals surface area contributed by atoms with Crippen LogP contribution in [0, 0.1) is 0 Å². The molecule has 0 radical (unpaired) electrons. The molecule has 1 unspecified atom stereocenters. The number of fused-ring (bicyclic) bond motifs is 1. The predicted molar refractivity (Wildman–Crippen MR) is 126 cm³/mol. The topological polar surface area (TPSA) is 76.4 Å². The molecule has 6 nitrogen and oxygen atoms in total. The van der Waals surface area contributed by atoms with Crippen LogP contribution in [0.1, 0.15) is 39.6 Å². The number of hydrogen-bond donors (Lipinski definition) is 2. The molecule has 1 aliphatic rings. The van der Waals surface area contributed by atoms with Gasteiger partial charge in [-0.1, -0.05) is 66.7 Å². The van der Waals surface area contributed by atoms with Gasteiger partial charge < -0.3 is 19.7 Å². The molecule has 0 fully saturated rings. The zero-order valence-electron chi connectivity index (χ0n) is 18.1. The van der Waals surface area contributed by atoms with E-state index in [9.17, 15) is 9.90 Å². The number of carbonyl (C=O) groups is 1. The second-order valence-corrected chi connectivity index (χ2v) is 8.18. The van der Waals surface area contributed by atoms with Crippen molar-refractivity contribution in [3.05, 3.63) is 108 Å². The maximum Gasteiger partial charge on any atom is 0.339 e. The van der Waals surface area contributed by atoms with Crippen molar-refractivity contribution in [1.29, 1.82) is 0 Å². The molecule has 0 bridgehead atoms. The number of carboxylic acids is 1. The maximum atomic E-state index is 11.5. The Hall–Kier alpha value is -3.90. The van der Waals surface area contributed by atoms with Crippen LogP contribution in [-0.4, -0.2) is 27.2 Å². The fourth-order valence-electron chi connectivity index (χ4n) is 4.30. The summed E-state index contributed by atoms with van der Waals surface area (Å²) in [6, 6.07) is 24.3. The number of nitrogens with zero attached hydrogens (tertiary/aromatic N) is 2. The summed E-state index contributed by atoms with van der Waals surface area (Å²) in [5.41, 5.74) is 5.79. The molecule has 1 atom stereocenters. The minimum atomic E-state index is -0.969. The van der Waals surface area contributed by atoms with Gasteiger partial charge in [-0.3, -0.25) is 0 Å². The number of imidazole rings is 1. The summed E-state index contributed by atoms with van der Waals surface area (Å²) in [5, 5.41) is 13.0. The lowest BCUT2D eigenvalue weighted by Gasteiger charge is -2.28. The molecule has 0 aliphatic carbocycles. The average Bonchev–Trinajstić information content (AvgIpc) is 3.30. The van der Waals surface area contributed by atoms with Crippen LogP contribution in [-0.2, 0) is 13.1 Å². The monoisotopic (exact) mass is 439 g/mol. The van der Waals surface area contributed by atoms with Gasteiger partial charge in [-0.15, -0.1) is 0 Å². The first-order valence-corrected chi connectivity index (χ1v) is 11.0. The van der Waals surface area contributed by atoms with Crippen molar-refractivity contribution >= 4 is 5.97 Å². The van der Waals surface area contributed by atoms with E-state index >= 15 is 0 Å². The zero-order valence-corrected chi connectivity index (χ0v) is 18.1. The average molecular weight is 440 g/mol. The number of carboxylic acid groups (broad SMARTS) is 1. The normalized spacial score (nSPS) is 15.0. The molecule has 33 heavy (non-hydrogen) atoms. The highest BCUT2D eigenvalue weighted by Crippen LogP contribution is 2.35. The number of hydrogen-bond acceptors (Lipinski definition) is 4. The number of aromatic nitrogens is 2. The minimum absolute atomic E-state index is 0.0292. The minimum Gasteiger partial charge on any atom is -0.492 e. The standard InChI is InChI=1S/C27H25N3O3/c31-27(32)24-8-4-7-23-25(13-14-33-26(23)24)29-16-22-15-28-18-30(22)17-19-9-11-21(12-10-19)20-5-2-1-3-6-20/h1-12,15,18,25,29H,13-14,16-17H2,(H,31,32). The van der Waals surface area contributed by atoms with E-state index in [0.29, 0.717) is 18.9 Å². The lowest BCUT2D eigenvalue weighted by molar-refractivity contribution is 0.0690. The van der Waals surface area contributed by atoms with E-state index in [1.807, 2.05) is 36.8 Å². The number of ether oxygens (including phenoxy) is 1. The molecule has 0 spiro atoms. The molecule has 2 N–H and O–H groups in total. The third kappa shape index (κ3) is 4.52. The Morgan fingerprint density at radius 2 is 1.82 bits per heavy atom. The molecule has 3 aromatic carbocycles. The van der Waals surface area contributed by atoms with Gasteiger partial charge in [0.05, 0.1) is 18.6 Å². The van der Waals surface area contributed by atoms with Gasteiger partial charge in [0.15, 0.2) is 0 Å². The number of para-hydroxylation sites is 1. The van der Waals surface area contributed by atoms with Crippen LogP contribution in [0.25, 0.3) is 11.1 Å². The third-order valence-electron chi connectivity index (χ3n) is 6.05. The highest BCUT2D eigenvalue weighted by atomic mass is 16.5. The largest absolute Gasteiger partial charge is 0.492 e. The molecule has 1 aromatic heterocycles. The zero-order chi connectivity index (χ0) is 22.6. The summed E-state index contributed by atoms with van der Waals surface area (Å²) in [5.74, 6) is -0.496. The van der Waals surface area contributed by atoms with Gasteiger partial charge in [-0.05, 0) is 22.8 Å². The van der Waals surface area contributed by atoms with Gasteiger partial charge >= 0.3 is 5.97 Å². The quantitative estimate of drug-likeness (QED) is 0.428. The Kier molecular flexibility index (Phi) is 5.91. The Balaban J connectivity index is 1.27. The summed E-state index contributed by atoms with van der Waals surface area (Å²) in [6.45, 7) is 1.85. The Bertz CT molecular complexity index is 1250. The molecule has 6 heteroatoms. The lowest BCUT2D eigenvalue weighted by atomic mass is 9.97. The highest BCUT2D eigenvalue weighted by molar-refractivity contribution is 5.91. The molecule has 4 aromatic rings. The second kappa shape index (κ2) is 9.30. The molecule has 0 saturated carbocycles. The van der Waals surface area contributed by atoms with Crippen LogP contribution in [0.2, 0.25) is 0 Å². The van der Waals surface area contributed by atoms with Gasteiger partial charge in [0, 0.05) is 37.3 Å². The van der Waals surface area contributed by atoms with E-state index in [0.717, 1.165) is 24.2 Å². The van der Waals surface area contributed by atoms with E-state index in [-0.39, 0.29) is 11.6 Å². The summed E-state index contributed by atoms with van der Waals surface area (Å²) < 4.78 is 7.83. The molecular weight excluding hydrogens is 414 g/mol. The maximum absolute atomic E-state index is 11.5. The van der Waals surface area contributed by atoms with Crippen LogP contribution < -0.4 is 10.1 Å². The van der Waals surface area contributed by atoms with Crippen LogP contribution in [0.15, 0.2) is 85.3 Å². The molecule has 166 valence electrons. The van der Waals surface area contributed by atoms with E-state index < -0.39 is 5.97 Å². The molecule has 0 amide bonds. The Morgan fingerprint density at radius 1 is 1.03 bits per heavy atom. The fourth-order valence-corrected chi connectivity index (χ4v) is 4.30. The second-order valence-electron chi connectivity index (χ2n) is 8.18. The molecule has 0 saturated heterocycles. The van der Waals surface area contributed by atoms with Crippen molar-refractivity contribution < 1.29 is 14.6 Å². The number of nitrogens with one attached hydrogen (secondary N) is 1. The summed E-state index contributed by atoms with van der Waals surface area (Å²) >= 11 is 0. The fraction of sp³-hybridized carbons (Fsp3) is 0.185. The smallest absolute Gasteiger partial charge is 0.339 e. The van der Waals surface area contributed by atoms with Crippen molar-refractivity contribution in [3.63, 3.8) is 0 Å². The van der Waals surface area contributed by atoms with Gasteiger partial charge in [0.1, 0.15) is 11.3 Å². The van der Waals surface area contributed by atoms with Crippen LogP contribution in [0.5, 0.6) is 5.75 Å². The van der Waals surface area contributed by atoms with E-state index in [2.05, 4.69) is 51.3 Å². The third-order valence-corrected chi connectivity index (χ3v) is 6.05. The van der Waals surface area contributed by atoms with E-state index in [1.54, 1.807) is 12.1 Å². The molecule has 1 aliphatic heterocycles. The van der Waals surface area contributed by atoms with Crippen molar-refractivity contribution in [1.82, 2.24) is 14.9 Å². The van der Waals surface area contributed by atoms with Gasteiger partial charge in [0.25, 0.3) is 0 Å². The molecule has 5 rings (SSSR count). The van der Waals surface area contributed by atoms with Gasteiger partial charge in [-0.2, -0.15) is 0 Å². The molecular formula is C27H25N3O3. The predicted octanol–water partition coefficient (Wildman–Crippen LogP) is 4.91. The van der Waals surface area contributed by atoms with Crippen LogP contribution in [0.3, 0.4) is 0 Å². The number of benzene rings is 3. The van der Waals surface area contributed by atoms with Gasteiger partial charge in [-0.25, -0.2) is 9.78 Å². The number of aromatic carboxylic acids is 1. The SMILES string of the molecule is O=C(O)c1cccc2c1OCCC2NCc1cncn1Cc1ccc(-c2ccccc2)cc1. The Morgan fingerprint density at radius 3 is 2.61 bits per heavy atom. The van der Waals surface area contributed by atoms with Crippen molar-refractivity contribution in [2.24, 2.45) is 0 Å². The molecule has 2 heterocycles. The summed E-state index contributed by atoms with van der Waals surface area (Å²) in [6.07, 6.45) is 4.51. The first-order chi connectivity index (χ1) is 16.2. The Labute approximate surface area is 192 Å².